The lowest BCUT2D eigenvalue weighted by Crippen LogP contribution is -2.49. The highest BCUT2D eigenvalue weighted by Crippen LogP contribution is 2.18. The summed E-state index contributed by atoms with van der Waals surface area (Å²) < 4.78 is 14.1. The van der Waals surface area contributed by atoms with Crippen molar-refractivity contribution in [2.75, 3.05) is 6.54 Å². The van der Waals surface area contributed by atoms with Gasteiger partial charge in [-0.15, -0.1) is 0 Å². The van der Waals surface area contributed by atoms with Gasteiger partial charge in [-0.1, -0.05) is 62.7 Å². The summed E-state index contributed by atoms with van der Waals surface area (Å²) in [4.78, 5) is 27.6. The highest BCUT2D eigenvalue weighted by molar-refractivity contribution is 5.88. The smallest absolute Gasteiger partial charge is 0.242 e. The first-order valence-electron chi connectivity index (χ1n) is 10.3. The van der Waals surface area contributed by atoms with E-state index in [1.807, 2.05) is 38.1 Å². The summed E-state index contributed by atoms with van der Waals surface area (Å²) in [5.41, 5.74) is 2.38. The van der Waals surface area contributed by atoms with Gasteiger partial charge in [-0.05, 0) is 42.5 Å². The van der Waals surface area contributed by atoms with Gasteiger partial charge in [0.05, 0.1) is 6.42 Å². The van der Waals surface area contributed by atoms with Gasteiger partial charge in [0.1, 0.15) is 11.9 Å². The second kappa shape index (κ2) is 11.3. The van der Waals surface area contributed by atoms with Crippen LogP contribution >= 0.6 is 0 Å². The first-order chi connectivity index (χ1) is 14.0. The highest BCUT2D eigenvalue weighted by Gasteiger charge is 2.29. The highest BCUT2D eigenvalue weighted by atomic mass is 19.1. The van der Waals surface area contributed by atoms with Crippen LogP contribution in [-0.4, -0.2) is 29.3 Å². The van der Waals surface area contributed by atoms with Crippen LogP contribution in [0, 0.1) is 12.7 Å². The number of hydrogen-bond acceptors (Lipinski definition) is 2. The maximum atomic E-state index is 14.1. The number of carbonyl (C=O) groups is 2. The minimum atomic E-state index is -0.592. The standard InChI is InChI=1S/C24H31FN2O2/c1-4-6-15-26-24(29)22(5-2)27(17-20-13-8-7-11-18(20)3)23(28)16-19-12-9-10-14-21(19)25/h7-14,22H,4-6,15-17H2,1-3H3,(H,26,29). The number of hydrogen-bond donors (Lipinski definition) is 1. The lowest BCUT2D eigenvalue weighted by Gasteiger charge is -2.31. The van der Waals surface area contributed by atoms with Crippen LogP contribution in [0.1, 0.15) is 49.8 Å². The molecule has 1 N–H and O–H groups in total. The Balaban J connectivity index is 2.28. The Labute approximate surface area is 173 Å². The second-order valence-electron chi connectivity index (χ2n) is 7.28. The number of nitrogens with one attached hydrogen (secondary N) is 1. The number of rotatable bonds is 10. The van der Waals surface area contributed by atoms with Crippen molar-refractivity contribution in [1.29, 1.82) is 0 Å². The van der Waals surface area contributed by atoms with Crippen LogP contribution in [0.25, 0.3) is 0 Å². The van der Waals surface area contributed by atoms with Crippen LogP contribution in [0.4, 0.5) is 4.39 Å². The normalized spacial score (nSPS) is 11.7. The number of aryl methyl sites for hydroxylation is 1. The van der Waals surface area contributed by atoms with Gasteiger partial charge in [0.2, 0.25) is 11.8 Å². The maximum absolute atomic E-state index is 14.1. The van der Waals surface area contributed by atoms with Crippen molar-refractivity contribution in [3.05, 3.63) is 71.0 Å². The summed E-state index contributed by atoms with van der Waals surface area (Å²) in [6.45, 7) is 6.85. The molecule has 0 radical (unpaired) electrons. The maximum Gasteiger partial charge on any atom is 0.242 e. The van der Waals surface area contributed by atoms with E-state index in [4.69, 9.17) is 0 Å². The first kappa shape index (κ1) is 22.6. The van der Waals surface area contributed by atoms with Crippen molar-refractivity contribution in [3.63, 3.8) is 0 Å². The van der Waals surface area contributed by atoms with Crippen molar-refractivity contribution in [2.45, 2.75) is 59.0 Å². The molecule has 0 saturated heterocycles. The van der Waals surface area contributed by atoms with Gasteiger partial charge in [0.25, 0.3) is 0 Å². The average Bonchev–Trinajstić information content (AvgIpc) is 2.71. The monoisotopic (exact) mass is 398 g/mol. The first-order valence-corrected chi connectivity index (χ1v) is 10.3. The Bertz CT molecular complexity index is 822. The van der Waals surface area contributed by atoms with Gasteiger partial charge in [-0.25, -0.2) is 4.39 Å². The number of halogens is 1. The van der Waals surface area contributed by atoms with Crippen LogP contribution in [0.15, 0.2) is 48.5 Å². The van der Waals surface area contributed by atoms with Gasteiger partial charge in [0, 0.05) is 13.1 Å². The summed E-state index contributed by atoms with van der Waals surface area (Å²) in [7, 11) is 0. The molecule has 0 aliphatic heterocycles. The Morgan fingerprint density at radius 3 is 2.31 bits per heavy atom. The van der Waals surface area contributed by atoms with E-state index in [-0.39, 0.29) is 18.2 Å². The summed E-state index contributed by atoms with van der Waals surface area (Å²) in [6.07, 6.45) is 2.30. The molecule has 1 atom stereocenters. The Kier molecular flexibility index (Phi) is 8.84. The Morgan fingerprint density at radius 1 is 1.03 bits per heavy atom. The van der Waals surface area contributed by atoms with E-state index in [2.05, 4.69) is 12.2 Å². The van der Waals surface area contributed by atoms with Crippen LogP contribution in [0.5, 0.6) is 0 Å². The predicted molar refractivity (Wildman–Crippen MR) is 114 cm³/mol. The van der Waals surface area contributed by atoms with Crippen molar-refractivity contribution >= 4 is 11.8 Å². The fourth-order valence-electron chi connectivity index (χ4n) is 3.30. The van der Waals surface area contributed by atoms with Gasteiger partial charge in [-0.3, -0.25) is 9.59 Å². The molecule has 156 valence electrons. The summed E-state index contributed by atoms with van der Waals surface area (Å²) in [5, 5.41) is 2.94. The molecule has 2 aromatic rings. The van der Waals surface area contributed by atoms with E-state index < -0.39 is 11.9 Å². The summed E-state index contributed by atoms with van der Waals surface area (Å²) in [5.74, 6) is -0.815. The van der Waals surface area contributed by atoms with Gasteiger partial charge < -0.3 is 10.2 Å². The molecule has 0 aliphatic rings. The summed E-state index contributed by atoms with van der Waals surface area (Å²) in [6, 6.07) is 13.5. The zero-order chi connectivity index (χ0) is 21.2. The van der Waals surface area contributed by atoms with E-state index in [9.17, 15) is 14.0 Å². The lowest BCUT2D eigenvalue weighted by atomic mass is 10.0. The average molecular weight is 399 g/mol. The summed E-state index contributed by atoms with van der Waals surface area (Å²) >= 11 is 0. The second-order valence-corrected chi connectivity index (χ2v) is 7.28. The van der Waals surface area contributed by atoms with E-state index in [1.54, 1.807) is 23.1 Å². The largest absolute Gasteiger partial charge is 0.354 e. The Morgan fingerprint density at radius 2 is 1.69 bits per heavy atom. The minimum absolute atomic E-state index is 0.0721. The molecule has 0 heterocycles. The molecule has 0 aromatic heterocycles. The van der Waals surface area contributed by atoms with Crippen LogP contribution in [0.3, 0.4) is 0 Å². The SMILES string of the molecule is CCCCNC(=O)C(CC)N(Cc1ccccc1C)C(=O)Cc1ccccc1F. The fraction of sp³-hybridized carbons (Fsp3) is 0.417. The lowest BCUT2D eigenvalue weighted by molar-refractivity contribution is -0.141. The number of benzene rings is 2. The van der Waals surface area contributed by atoms with E-state index in [0.717, 1.165) is 24.0 Å². The quantitative estimate of drug-likeness (QED) is 0.603. The van der Waals surface area contributed by atoms with E-state index in [1.165, 1.54) is 6.07 Å². The molecule has 0 aliphatic carbocycles. The molecule has 2 aromatic carbocycles. The van der Waals surface area contributed by atoms with Crippen molar-refractivity contribution < 1.29 is 14.0 Å². The molecule has 5 heteroatoms. The van der Waals surface area contributed by atoms with E-state index in [0.29, 0.717) is 25.1 Å². The molecule has 1 unspecified atom stereocenters. The van der Waals surface area contributed by atoms with Gasteiger partial charge in [-0.2, -0.15) is 0 Å². The Hall–Kier alpha value is -2.69. The van der Waals surface area contributed by atoms with Crippen LogP contribution < -0.4 is 5.32 Å². The zero-order valence-corrected chi connectivity index (χ0v) is 17.6. The molecule has 0 bridgehead atoms. The number of nitrogens with zero attached hydrogens (tertiary/aromatic N) is 1. The van der Waals surface area contributed by atoms with Crippen molar-refractivity contribution in [3.8, 4) is 0 Å². The molecular formula is C24H31FN2O2. The molecule has 0 saturated carbocycles. The minimum Gasteiger partial charge on any atom is -0.354 e. The molecule has 4 nitrogen and oxygen atoms in total. The number of carbonyl (C=O) groups excluding carboxylic acids is 2. The molecular weight excluding hydrogens is 367 g/mol. The molecule has 29 heavy (non-hydrogen) atoms. The molecule has 2 rings (SSSR count). The topological polar surface area (TPSA) is 49.4 Å². The predicted octanol–water partition coefficient (Wildman–Crippen LogP) is 4.40. The third-order valence-electron chi connectivity index (χ3n) is 5.12. The van der Waals surface area contributed by atoms with E-state index >= 15 is 0 Å². The van der Waals surface area contributed by atoms with Crippen molar-refractivity contribution in [2.24, 2.45) is 0 Å². The van der Waals surface area contributed by atoms with Crippen LogP contribution in [-0.2, 0) is 22.6 Å². The number of amides is 2. The van der Waals surface area contributed by atoms with Gasteiger partial charge >= 0.3 is 0 Å². The fourth-order valence-corrected chi connectivity index (χ4v) is 3.30. The van der Waals surface area contributed by atoms with Crippen molar-refractivity contribution in [1.82, 2.24) is 10.2 Å². The van der Waals surface area contributed by atoms with Crippen LogP contribution in [0.2, 0.25) is 0 Å². The molecule has 0 fully saturated rings. The number of unbranched alkanes of at least 4 members (excludes halogenated alkanes) is 1. The molecule has 0 spiro atoms. The zero-order valence-electron chi connectivity index (χ0n) is 17.6. The third kappa shape index (κ3) is 6.41. The van der Waals surface area contributed by atoms with Gasteiger partial charge in [0.15, 0.2) is 0 Å². The third-order valence-corrected chi connectivity index (χ3v) is 5.12. The molecule has 2 amide bonds.